The average molecular weight is 373 g/mol. The van der Waals surface area contributed by atoms with Crippen LogP contribution in [0.3, 0.4) is 0 Å². The van der Waals surface area contributed by atoms with Gasteiger partial charge in [-0.25, -0.2) is 18.1 Å². The van der Waals surface area contributed by atoms with E-state index in [9.17, 15) is 13.2 Å². The summed E-state index contributed by atoms with van der Waals surface area (Å²) in [6, 6.07) is 7.77. The monoisotopic (exact) mass is 373 g/mol. The van der Waals surface area contributed by atoms with Gasteiger partial charge in [-0.1, -0.05) is 0 Å². The van der Waals surface area contributed by atoms with Crippen LogP contribution in [0.4, 0.5) is 11.4 Å². The minimum atomic E-state index is -3.77. The predicted octanol–water partition coefficient (Wildman–Crippen LogP) is 2.77. The highest BCUT2D eigenvalue weighted by Gasteiger charge is 2.16. The van der Waals surface area contributed by atoms with Gasteiger partial charge in [0.1, 0.15) is 0 Å². The van der Waals surface area contributed by atoms with Gasteiger partial charge in [-0.3, -0.25) is 9.52 Å². The van der Waals surface area contributed by atoms with Gasteiger partial charge in [-0.2, -0.15) is 5.10 Å². The van der Waals surface area contributed by atoms with E-state index in [0.29, 0.717) is 17.0 Å². The number of rotatable bonds is 5. The predicted molar refractivity (Wildman–Crippen MR) is 99.5 cm³/mol. The molecule has 0 bridgehead atoms. The first kappa shape index (κ1) is 17.9. The summed E-state index contributed by atoms with van der Waals surface area (Å²) in [6.45, 7) is 5.38. The molecule has 1 aromatic carbocycles. The van der Waals surface area contributed by atoms with Crippen molar-refractivity contribution in [2.45, 2.75) is 31.7 Å². The van der Waals surface area contributed by atoms with E-state index in [4.69, 9.17) is 0 Å². The summed E-state index contributed by atoms with van der Waals surface area (Å²) < 4.78 is 29.4. The standard InChI is InChI=1S/C17H19N5O3S/c1-11(2)22-17-13(9-19-22)8-15(10-18-17)21-26(24,25)16-6-4-14(5-7-16)20-12(3)23/h4-11,21H,1-3H3,(H,20,23). The van der Waals surface area contributed by atoms with E-state index >= 15 is 0 Å². The number of pyridine rings is 1. The van der Waals surface area contributed by atoms with Gasteiger partial charge in [0.2, 0.25) is 5.91 Å². The Balaban J connectivity index is 1.85. The summed E-state index contributed by atoms with van der Waals surface area (Å²) in [5.41, 5.74) is 1.58. The highest BCUT2D eigenvalue weighted by molar-refractivity contribution is 7.92. The van der Waals surface area contributed by atoms with E-state index in [0.717, 1.165) is 5.39 Å². The van der Waals surface area contributed by atoms with E-state index < -0.39 is 10.0 Å². The molecule has 0 saturated heterocycles. The van der Waals surface area contributed by atoms with Crippen molar-refractivity contribution in [3.63, 3.8) is 0 Å². The fourth-order valence-electron chi connectivity index (χ4n) is 2.51. The molecule has 0 spiro atoms. The number of carbonyl (C=O) groups excluding carboxylic acids is 1. The zero-order chi connectivity index (χ0) is 18.9. The minimum absolute atomic E-state index is 0.0876. The number of hydrogen-bond donors (Lipinski definition) is 2. The Morgan fingerprint density at radius 1 is 1.12 bits per heavy atom. The third-order valence-corrected chi connectivity index (χ3v) is 5.06. The van der Waals surface area contributed by atoms with Crippen LogP contribution in [-0.2, 0) is 14.8 Å². The van der Waals surface area contributed by atoms with Gasteiger partial charge >= 0.3 is 0 Å². The second kappa shape index (κ2) is 6.75. The molecule has 0 aliphatic carbocycles. The topological polar surface area (TPSA) is 106 Å². The summed E-state index contributed by atoms with van der Waals surface area (Å²) in [4.78, 5) is 15.4. The van der Waals surface area contributed by atoms with E-state index in [1.807, 2.05) is 13.8 Å². The lowest BCUT2D eigenvalue weighted by Gasteiger charge is -2.10. The van der Waals surface area contributed by atoms with E-state index in [1.165, 1.54) is 37.4 Å². The molecular formula is C17H19N5O3S. The van der Waals surface area contributed by atoms with Crippen LogP contribution >= 0.6 is 0 Å². The second-order valence-electron chi connectivity index (χ2n) is 6.13. The fourth-order valence-corrected chi connectivity index (χ4v) is 3.54. The van der Waals surface area contributed by atoms with Crippen molar-refractivity contribution in [3.05, 3.63) is 42.7 Å². The molecule has 0 unspecified atom stereocenters. The van der Waals surface area contributed by atoms with Crippen LogP contribution in [0.1, 0.15) is 26.8 Å². The van der Waals surface area contributed by atoms with Gasteiger partial charge < -0.3 is 5.32 Å². The summed E-state index contributed by atoms with van der Waals surface area (Å²) in [5.74, 6) is -0.222. The summed E-state index contributed by atoms with van der Waals surface area (Å²) in [7, 11) is -3.77. The summed E-state index contributed by atoms with van der Waals surface area (Å²) >= 11 is 0. The molecule has 1 amide bonds. The quantitative estimate of drug-likeness (QED) is 0.715. The maximum absolute atomic E-state index is 12.5. The van der Waals surface area contributed by atoms with E-state index in [-0.39, 0.29) is 16.8 Å². The van der Waals surface area contributed by atoms with Gasteiger partial charge in [0.05, 0.1) is 23.0 Å². The first-order chi connectivity index (χ1) is 12.3. The highest BCUT2D eigenvalue weighted by atomic mass is 32.2. The molecule has 8 nitrogen and oxygen atoms in total. The molecule has 2 heterocycles. The van der Waals surface area contributed by atoms with Crippen molar-refractivity contribution < 1.29 is 13.2 Å². The number of aromatic nitrogens is 3. The first-order valence-corrected chi connectivity index (χ1v) is 9.48. The number of amides is 1. The van der Waals surface area contributed by atoms with Gasteiger partial charge in [0, 0.05) is 24.0 Å². The van der Waals surface area contributed by atoms with Gasteiger partial charge in [-0.15, -0.1) is 0 Å². The minimum Gasteiger partial charge on any atom is -0.326 e. The Morgan fingerprint density at radius 2 is 1.81 bits per heavy atom. The van der Waals surface area contributed by atoms with Crippen molar-refractivity contribution in [2.75, 3.05) is 10.0 Å². The van der Waals surface area contributed by atoms with Crippen LogP contribution in [0, 0.1) is 0 Å². The molecule has 3 aromatic rings. The molecule has 3 rings (SSSR count). The Kier molecular flexibility index (Phi) is 4.64. The van der Waals surface area contributed by atoms with Crippen LogP contribution < -0.4 is 10.0 Å². The molecule has 0 atom stereocenters. The normalized spacial score (nSPS) is 11.7. The Labute approximate surface area is 151 Å². The summed E-state index contributed by atoms with van der Waals surface area (Å²) in [5, 5.41) is 7.61. The van der Waals surface area contributed by atoms with Crippen LogP contribution in [0.25, 0.3) is 11.0 Å². The zero-order valence-electron chi connectivity index (χ0n) is 14.6. The third-order valence-electron chi connectivity index (χ3n) is 3.66. The molecule has 0 aliphatic heterocycles. The van der Waals surface area contributed by atoms with Crippen LogP contribution in [0.15, 0.2) is 47.6 Å². The van der Waals surface area contributed by atoms with Gasteiger partial charge in [0.15, 0.2) is 5.65 Å². The number of benzene rings is 1. The number of fused-ring (bicyclic) bond motifs is 1. The van der Waals surface area contributed by atoms with Crippen LogP contribution in [-0.4, -0.2) is 29.1 Å². The smallest absolute Gasteiger partial charge is 0.261 e. The lowest BCUT2D eigenvalue weighted by Crippen LogP contribution is -2.13. The molecule has 0 fully saturated rings. The Morgan fingerprint density at radius 3 is 2.42 bits per heavy atom. The number of sulfonamides is 1. The van der Waals surface area contributed by atoms with Crippen molar-refractivity contribution in [1.82, 2.24) is 14.8 Å². The second-order valence-corrected chi connectivity index (χ2v) is 7.81. The Hall–Kier alpha value is -2.94. The van der Waals surface area contributed by atoms with Crippen molar-refractivity contribution in [1.29, 1.82) is 0 Å². The van der Waals surface area contributed by atoms with Crippen LogP contribution in [0.5, 0.6) is 0 Å². The molecule has 2 N–H and O–H groups in total. The van der Waals surface area contributed by atoms with Crippen molar-refractivity contribution in [2.24, 2.45) is 0 Å². The molecule has 0 radical (unpaired) electrons. The van der Waals surface area contributed by atoms with Crippen molar-refractivity contribution in [3.8, 4) is 0 Å². The SMILES string of the molecule is CC(=O)Nc1ccc(S(=O)(=O)Nc2cnc3c(cnn3C(C)C)c2)cc1. The molecule has 0 aliphatic rings. The van der Waals surface area contributed by atoms with Gasteiger partial charge in [-0.05, 0) is 44.2 Å². The lowest BCUT2D eigenvalue weighted by molar-refractivity contribution is -0.114. The lowest BCUT2D eigenvalue weighted by atomic mass is 10.3. The molecular weight excluding hydrogens is 354 g/mol. The highest BCUT2D eigenvalue weighted by Crippen LogP contribution is 2.22. The summed E-state index contributed by atoms with van der Waals surface area (Å²) in [6.07, 6.45) is 3.12. The first-order valence-electron chi connectivity index (χ1n) is 8.00. The molecule has 9 heteroatoms. The maximum Gasteiger partial charge on any atom is 0.261 e. The zero-order valence-corrected chi connectivity index (χ0v) is 15.4. The molecule has 0 saturated carbocycles. The number of nitrogens with zero attached hydrogens (tertiary/aromatic N) is 3. The molecule has 26 heavy (non-hydrogen) atoms. The average Bonchev–Trinajstić information content (AvgIpc) is 2.97. The number of anilines is 2. The van der Waals surface area contributed by atoms with Crippen LogP contribution in [0.2, 0.25) is 0 Å². The fraction of sp³-hybridized carbons (Fsp3) is 0.235. The molecule has 136 valence electrons. The maximum atomic E-state index is 12.5. The van der Waals surface area contributed by atoms with Crippen molar-refractivity contribution >= 4 is 38.3 Å². The number of nitrogens with one attached hydrogen (secondary N) is 2. The van der Waals surface area contributed by atoms with E-state index in [2.05, 4.69) is 20.1 Å². The Bertz CT molecular complexity index is 1060. The largest absolute Gasteiger partial charge is 0.326 e. The van der Waals surface area contributed by atoms with E-state index in [1.54, 1.807) is 16.9 Å². The third kappa shape index (κ3) is 3.67. The number of carbonyl (C=O) groups is 1. The number of hydrogen-bond acceptors (Lipinski definition) is 5. The van der Waals surface area contributed by atoms with Gasteiger partial charge in [0.25, 0.3) is 10.0 Å². The molecule has 2 aromatic heterocycles.